The van der Waals surface area contributed by atoms with Crippen molar-refractivity contribution in [1.29, 1.82) is 0 Å². The van der Waals surface area contributed by atoms with Gasteiger partial charge >= 0.3 is 0 Å². The fraction of sp³-hybridized carbons (Fsp3) is 0.0714. The molecule has 0 atom stereocenters. The highest BCUT2D eigenvalue weighted by Crippen LogP contribution is 2.28. The number of anilines is 1. The van der Waals surface area contributed by atoms with Gasteiger partial charge in [0.1, 0.15) is 17.2 Å². The molecule has 0 bridgehead atoms. The number of carbonyl (C=O) groups is 1. The molecular formula is C14H12ClNO4. The summed E-state index contributed by atoms with van der Waals surface area (Å²) in [6, 6.07) is 8.44. The van der Waals surface area contributed by atoms with Crippen molar-refractivity contribution in [3.05, 3.63) is 47.0 Å². The number of halogens is 1. The Balaban J connectivity index is 2.21. The number of benzene rings is 2. The number of aromatic hydroxyl groups is 2. The van der Waals surface area contributed by atoms with Crippen molar-refractivity contribution in [1.82, 2.24) is 0 Å². The first-order valence-electron chi connectivity index (χ1n) is 5.67. The Bertz CT molecular complexity index is 637. The highest BCUT2D eigenvalue weighted by Gasteiger charge is 2.10. The first-order valence-corrected chi connectivity index (χ1v) is 6.05. The van der Waals surface area contributed by atoms with E-state index in [0.29, 0.717) is 16.5 Å². The lowest BCUT2D eigenvalue weighted by molar-refractivity contribution is 0.102. The molecule has 0 heterocycles. The molecule has 2 rings (SSSR count). The third-order valence-corrected chi connectivity index (χ3v) is 2.87. The summed E-state index contributed by atoms with van der Waals surface area (Å²) in [6.07, 6.45) is 0. The van der Waals surface area contributed by atoms with Gasteiger partial charge in [-0.3, -0.25) is 4.79 Å². The van der Waals surface area contributed by atoms with Gasteiger partial charge in [-0.25, -0.2) is 0 Å². The SMILES string of the molecule is COc1ccc(NC(=O)c2cc(O)cc(O)c2)cc1Cl. The van der Waals surface area contributed by atoms with Crippen molar-refractivity contribution in [2.45, 2.75) is 0 Å². The summed E-state index contributed by atoms with van der Waals surface area (Å²) in [5, 5.41) is 21.7. The van der Waals surface area contributed by atoms with Gasteiger partial charge in [0.2, 0.25) is 0 Å². The number of rotatable bonds is 3. The van der Waals surface area contributed by atoms with Crippen molar-refractivity contribution >= 4 is 23.2 Å². The quantitative estimate of drug-likeness (QED) is 0.813. The van der Waals surface area contributed by atoms with E-state index >= 15 is 0 Å². The zero-order valence-electron chi connectivity index (χ0n) is 10.6. The molecule has 0 aliphatic rings. The Hall–Kier alpha value is -2.40. The lowest BCUT2D eigenvalue weighted by Crippen LogP contribution is -2.11. The summed E-state index contributed by atoms with van der Waals surface area (Å²) in [7, 11) is 1.50. The summed E-state index contributed by atoms with van der Waals surface area (Å²) in [5.41, 5.74) is 0.609. The number of phenols is 2. The van der Waals surface area contributed by atoms with Crippen LogP contribution in [0.15, 0.2) is 36.4 Å². The monoisotopic (exact) mass is 293 g/mol. The molecule has 2 aromatic rings. The van der Waals surface area contributed by atoms with Crippen LogP contribution in [-0.2, 0) is 0 Å². The molecule has 0 aliphatic carbocycles. The van der Waals surface area contributed by atoms with Crippen molar-refractivity contribution < 1.29 is 19.7 Å². The van der Waals surface area contributed by atoms with Crippen LogP contribution in [-0.4, -0.2) is 23.2 Å². The van der Waals surface area contributed by atoms with Crippen LogP contribution in [0.1, 0.15) is 10.4 Å². The van der Waals surface area contributed by atoms with Crippen molar-refractivity contribution in [3.8, 4) is 17.2 Å². The van der Waals surface area contributed by atoms with E-state index in [1.165, 1.54) is 19.2 Å². The molecule has 0 radical (unpaired) electrons. The predicted molar refractivity (Wildman–Crippen MR) is 75.7 cm³/mol. The molecule has 1 amide bonds. The lowest BCUT2D eigenvalue weighted by atomic mass is 10.2. The summed E-state index contributed by atoms with van der Waals surface area (Å²) < 4.78 is 5.01. The van der Waals surface area contributed by atoms with E-state index in [2.05, 4.69) is 5.32 Å². The fourth-order valence-corrected chi connectivity index (χ4v) is 1.93. The smallest absolute Gasteiger partial charge is 0.255 e. The van der Waals surface area contributed by atoms with E-state index < -0.39 is 5.91 Å². The third-order valence-electron chi connectivity index (χ3n) is 2.57. The fourth-order valence-electron chi connectivity index (χ4n) is 1.67. The molecule has 0 aromatic heterocycles. The van der Waals surface area contributed by atoms with Crippen LogP contribution in [0.3, 0.4) is 0 Å². The van der Waals surface area contributed by atoms with Gasteiger partial charge in [-0.1, -0.05) is 11.6 Å². The molecule has 0 fully saturated rings. The molecule has 3 N–H and O–H groups in total. The minimum atomic E-state index is -0.475. The molecule has 5 nitrogen and oxygen atoms in total. The van der Waals surface area contributed by atoms with E-state index in [1.807, 2.05) is 0 Å². The number of phenolic OH excluding ortho intramolecular Hbond substituents is 2. The second-order valence-electron chi connectivity index (χ2n) is 4.04. The molecular weight excluding hydrogens is 282 g/mol. The van der Waals surface area contributed by atoms with Gasteiger partial charge < -0.3 is 20.3 Å². The highest BCUT2D eigenvalue weighted by molar-refractivity contribution is 6.32. The number of methoxy groups -OCH3 is 1. The van der Waals surface area contributed by atoms with Gasteiger partial charge in [-0.05, 0) is 30.3 Å². The minimum Gasteiger partial charge on any atom is -0.508 e. The first-order chi connectivity index (χ1) is 9.49. The maximum absolute atomic E-state index is 12.0. The molecule has 104 valence electrons. The zero-order valence-corrected chi connectivity index (χ0v) is 11.3. The third kappa shape index (κ3) is 3.13. The topological polar surface area (TPSA) is 78.8 Å². The number of ether oxygens (including phenoxy) is 1. The van der Waals surface area contributed by atoms with Crippen LogP contribution in [0.5, 0.6) is 17.2 Å². The van der Waals surface area contributed by atoms with Crippen molar-refractivity contribution in [3.63, 3.8) is 0 Å². The van der Waals surface area contributed by atoms with Crippen LogP contribution in [0, 0.1) is 0 Å². The highest BCUT2D eigenvalue weighted by atomic mass is 35.5. The Morgan fingerprint density at radius 1 is 1.15 bits per heavy atom. The van der Waals surface area contributed by atoms with E-state index in [4.69, 9.17) is 16.3 Å². The lowest BCUT2D eigenvalue weighted by Gasteiger charge is -2.08. The Morgan fingerprint density at radius 3 is 2.35 bits per heavy atom. The Morgan fingerprint density at radius 2 is 1.80 bits per heavy atom. The molecule has 6 heteroatoms. The summed E-state index contributed by atoms with van der Waals surface area (Å²) in [4.78, 5) is 12.0. The Kier molecular flexibility index (Phi) is 4.00. The van der Waals surface area contributed by atoms with Gasteiger partial charge in [0.05, 0.1) is 12.1 Å². The maximum Gasteiger partial charge on any atom is 0.255 e. The summed E-state index contributed by atoms with van der Waals surface area (Å²) in [5.74, 6) is -0.358. The number of hydrogen-bond donors (Lipinski definition) is 3. The normalized spacial score (nSPS) is 10.1. The van der Waals surface area contributed by atoms with Crippen LogP contribution < -0.4 is 10.1 Å². The summed E-state index contributed by atoms with van der Waals surface area (Å²) >= 11 is 5.95. The molecule has 2 aromatic carbocycles. The van der Waals surface area contributed by atoms with Crippen LogP contribution in [0.2, 0.25) is 5.02 Å². The van der Waals surface area contributed by atoms with Crippen molar-refractivity contribution in [2.75, 3.05) is 12.4 Å². The number of hydrogen-bond acceptors (Lipinski definition) is 4. The van der Waals surface area contributed by atoms with Gasteiger partial charge in [0, 0.05) is 17.3 Å². The average molecular weight is 294 g/mol. The second kappa shape index (κ2) is 5.71. The van der Waals surface area contributed by atoms with Crippen molar-refractivity contribution in [2.24, 2.45) is 0 Å². The Labute approximate surface area is 120 Å². The van der Waals surface area contributed by atoms with Crippen LogP contribution in [0.25, 0.3) is 0 Å². The van der Waals surface area contributed by atoms with E-state index in [1.54, 1.807) is 18.2 Å². The number of nitrogens with one attached hydrogen (secondary N) is 1. The van der Waals surface area contributed by atoms with Crippen LogP contribution in [0.4, 0.5) is 5.69 Å². The molecule has 0 aliphatic heterocycles. The van der Waals surface area contributed by atoms with Gasteiger partial charge in [-0.15, -0.1) is 0 Å². The summed E-state index contributed by atoms with van der Waals surface area (Å²) in [6.45, 7) is 0. The molecule has 0 saturated carbocycles. The molecule has 0 spiro atoms. The first kappa shape index (κ1) is 14.0. The van der Waals surface area contributed by atoms with Gasteiger partial charge in [-0.2, -0.15) is 0 Å². The number of amides is 1. The molecule has 20 heavy (non-hydrogen) atoms. The second-order valence-corrected chi connectivity index (χ2v) is 4.45. The maximum atomic E-state index is 12.0. The van der Waals surface area contributed by atoms with Crippen LogP contribution >= 0.6 is 11.6 Å². The molecule has 0 unspecified atom stereocenters. The van der Waals surface area contributed by atoms with Gasteiger partial charge in [0.15, 0.2) is 0 Å². The minimum absolute atomic E-state index is 0.134. The van der Waals surface area contributed by atoms with E-state index in [0.717, 1.165) is 6.07 Å². The largest absolute Gasteiger partial charge is 0.508 e. The number of carbonyl (C=O) groups excluding carboxylic acids is 1. The van der Waals surface area contributed by atoms with E-state index in [-0.39, 0.29) is 17.1 Å². The van der Waals surface area contributed by atoms with Gasteiger partial charge in [0.25, 0.3) is 5.91 Å². The average Bonchev–Trinajstić information content (AvgIpc) is 2.37. The van der Waals surface area contributed by atoms with E-state index in [9.17, 15) is 15.0 Å². The molecule has 0 saturated heterocycles. The standard InChI is InChI=1S/C14H12ClNO4/c1-20-13-3-2-9(6-12(13)15)16-14(19)8-4-10(17)7-11(18)5-8/h2-7,17-18H,1H3,(H,16,19). The predicted octanol–water partition coefficient (Wildman–Crippen LogP) is 3.01. The zero-order chi connectivity index (χ0) is 14.7.